The van der Waals surface area contributed by atoms with Crippen molar-refractivity contribution in [2.24, 2.45) is 0 Å². The van der Waals surface area contributed by atoms with Crippen molar-refractivity contribution in [3.05, 3.63) is 229 Å². The van der Waals surface area contributed by atoms with Crippen molar-refractivity contribution in [3.63, 3.8) is 0 Å². The van der Waals surface area contributed by atoms with E-state index in [0.717, 1.165) is 119 Å². The fraction of sp³-hybridized carbons (Fsp3) is 0.0833. The number of furan rings is 2. The first-order chi connectivity index (χ1) is 37.7. The molecule has 0 fully saturated rings. The molecular formula is C72H46N2O2S. The summed E-state index contributed by atoms with van der Waals surface area (Å²) in [5, 5.41) is 8.83. The summed E-state index contributed by atoms with van der Waals surface area (Å²) in [6.07, 6.45) is 0. The lowest BCUT2D eigenvalue weighted by molar-refractivity contribution is 0.660. The van der Waals surface area contributed by atoms with Gasteiger partial charge in [0.1, 0.15) is 33.4 Å². The van der Waals surface area contributed by atoms with E-state index in [0.29, 0.717) is 0 Å². The quantitative estimate of drug-likeness (QED) is 0.165. The summed E-state index contributed by atoms with van der Waals surface area (Å²) in [4.78, 5) is 14.4. The molecule has 5 heteroatoms. The summed E-state index contributed by atoms with van der Waals surface area (Å²) in [5.74, 6) is 0. The van der Waals surface area contributed by atoms with Crippen LogP contribution in [0.1, 0.15) is 49.9 Å². The van der Waals surface area contributed by atoms with Crippen molar-refractivity contribution in [3.8, 4) is 65.4 Å². The molecule has 4 heterocycles. The maximum Gasteiger partial charge on any atom is 0.136 e. The van der Waals surface area contributed by atoms with Crippen molar-refractivity contribution in [2.45, 2.75) is 38.5 Å². The Morgan fingerprint density at radius 3 is 1.13 bits per heavy atom. The van der Waals surface area contributed by atoms with Gasteiger partial charge in [0.25, 0.3) is 0 Å². The van der Waals surface area contributed by atoms with E-state index in [2.05, 4.69) is 210 Å². The molecule has 0 saturated heterocycles. The van der Waals surface area contributed by atoms with Gasteiger partial charge in [-0.1, -0.05) is 185 Å². The lowest BCUT2D eigenvalue weighted by Crippen LogP contribution is -2.14. The van der Waals surface area contributed by atoms with Crippen LogP contribution in [0.4, 0.5) is 0 Å². The number of thiophene rings is 1. The summed E-state index contributed by atoms with van der Waals surface area (Å²) < 4.78 is 12.9. The molecule has 2 aliphatic carbocycles. The van der Waals surface area contributed by atoms with Gasteiger partial charge in [-0.15, -0.1) is 11.3 Å². The highest BCUT2D eigenvalue weighted by atomic mass is 32.1. The predicted molar refractivity (Wildman–Crippen MR) is 321 cm³/mol. The summed E-state index contributed by atoms with van der Waals surface area (Å²) in [6.45, 7) is 9.46. The third-order valence-electron chi connectivity index (χ3n) is 17.5. The molecule has 0 atom stereocenters. The van der Waals surface area contributed by atoms with Crippen LogP contribution in [0.5, 0.6) is 0 Å². The Morgan fingerprint density at radius 1 is 0.299 bits per heavy atom. The predicted octanol–water partition coefficient (Wildman–Crippen LogP) is 20.2. The Morgan fingerprint density at radius 2 is 0.662 bits per heavy atom. The van der Waals surface area contributed by atoms with Gasteiger partial charge in [-0.3, -0.25) is 0 Å². The molecule has 11 aromatic carbocycles. The first-order valence-corrected chi connectivity index (χ1v) is 27.4. The van der Waals surface area contributed by atoms with E-state index in [9.17, 15) is 0 Å². The van der Waals surface area contributed by atoms with Crippen LogP contribution in [0.3, 0.4) is 0 Å². The molecular weight excluding hydrogens is 957 g/mol. The molecule has 0 spiro atoms. The standard InChI is InChI=1S/C72H46N2O2S/c1-71(2)55-21-9-5-17-49(55)63-51(19-13-23-57(63)71)69-67-68(70(77-69)52-20-14-24-58-64(52)50-18-6-10-22-56(50)72(58,3)4)74-66-54-36-40(42-30-34-48-46-16-8-12-26-60(46)76-62(48)38-42)28-32-44(54)43-31-27-39(35-53(43)65(66)73-67)41-29-33-47-45-15-7-11-25-59(45)75-61(47)37-41/h5-38H,1-4H3. The number of rotatable bonds is 4. The van der Waals surface area contributed by atoms with Crippen molar-refractivity contribution in [2.75, 3.05) is 0 Å². The van der Waals surface area contributed by atoms with Gasteiger partial charge >= 0.3 is 0 Å². The van der Waals surface area contributed by atoms with E-state index in [1.54, 1.807) is 0 Å². The van der Waals surface area contributed by atoms with E-state index in [4.69, 9.17) is 18.8 Å². The zero-order valence-electron chi connectivity index (χ0n) is 42.7. The number of nitrogens with zero attached hydrogens (tertiary/aromatic N) is 2. The minimum absolute atomic E-state index is 0.171. The number of aromatic nitrogens is 2. The third-order valence-corrected chi connectivity index (χ3v) is 18.7. The molecule has 0 amide bonds. The molecule has 0 unspecified atom stereocenters. The van der Waals surface area contributed by atoms with Crippen LogP contribution in [-0.2, 0) is 10.8 Å². The van der Waals surface area contributed by atoms with Crippen molar-refractivity contribution in [1.29, 1.82) is 0 Å². The van der Waals surface area contributed by atoms with E-state index in [1.165, 1.54) is 55.6 Å². The molecule has 0 saturated carbocycles. The van der Waals surface area contributed by atoms with Crippen LogP contribution in [0.15, 0.2) is 215 Å². The SMILES string of the molecule is CC1(C)c2ccccc2-c2c(-c3sc(-c4cccc5c4-c4ccccc4C5(C)C)c4nc5c6cc(-c7ccc8c(c7)oc7ccccc78)ccc6c6ccc(-c7ccc8c(c7)oc7ccccc78)cc6c5nc34)cccc21. The minimum atomic E-state index is -0.171. The van der Waals surface area contributed by atoms with Crippen LogP contribution in [0.25, 0.3) is 153 Å². The van der Waals surface area contributed by atoms with Crippen LogP contribution in [0, 0.1) is 0 Å². The lowest BCUT2D eigenvalue weighted by Gasteiger charge is -2.21. The van der Waals surface area contributed by atoms with E-state index in [-0.39, 0.29) is 10.8 Å². The highest BCUT2D eigenvalue weighted by molar-refractivity contribution is 7.21. The maximum absolute atomic E-state index is 6.46. The molecule has 15 aromatic rings. The average molecular weight is 1000 g/mol. The summed E-state index contributed by atoms with van der Waals surface area (Å²) in [5.41, 5.74) is 24.0. The molecule has 4 aromatic heterocycles. The fourth-order valence-corrected chi connectivity index (χ4v) is 14.9. The number of para-hydroxylation sites is 2. The highest BCUT2D eigenvalue weighted by Gasteiger charge is 2.40. The zero-order valence-corrected chi connectivity index (χ0v) is 43.6. The average Bonchev–Trinajstić information content (AvgIpc) is 4.47. The molecule has 77 heavy (non-hydrogen) atoms. The molecule has 17 rings (SSSR count). The topological polar surface area (TPSA) is 52.1 Å². The Labute approximate surface area is 447 Å². The highest BCUT2D eigenvalue weighted by Crippen LogP contribution is 2.58. The van der Waals surface area contributed by atoms with Crippen molar-refractivity contribution in [1.82, 2.24) is 9.97 Å². The second-order valence-electron chi connectivity index (χ2n) is 22.3. The normalized spacial score (nSPS) is 14.2. The van der Waals surface area contributed by atoms with Crippen molar-refractivity contribution < 1.29 is 8.83 Å². The largest absolute Gasteiger partial charge is 0.456 e. The molecule has 0 aliphatic heterocycles. The Kier molecular flexibility index (Phi) is 8.54. The van der Waals surface area contributed by atoms with Crippen molar-refractivity contribution >= 4 is 98.8 Å². The number of benzene rings is 11. The minimum Gasteiger partial charge on any atom is -0.456 e. The summed E-state index contributed by atoms with van der Waals surface area (Å²) >= 11 is 1.84. The monoisotopic (exact) mass is 1000 g/mol. The first kappa shape index (κ1) is 43.1. The van der Waals surface area contributed by atoms with Crippen LogP contribution in [-0.4, -0.2) is 9.97 Å². The van der Waals surface area contributed by atoms with Crippen LogP contribution in [0.2, 0.25) is 0 Å². The molecule has 4 nitrogen and oxygen atoms in total. The summed E-state index contributed by atoms with van der Waals surface area (Å²) in [7, 11) is 0. The van der Waals surface area contributed by atoms with Gasteiger partial charge < -0.3 is 8.83 Å². The lowest BCUT2D eigenvalue weighted by atomic mass is 9.82. The maximum atomic E-state index is 6.46. The molecule has 0 N–H and O–H groups in total. The molecule has 0 radical (unpaired) electrons. The summed E-state index contributed by atoms with van der Waals surface area (Å²) in [6, 6.07) is 75.3. The molecule has 2 aliphatic rings. The fourth-order valence-electron chi connectivity index (χ4n) is 13.7. The Hall–Kier alpha value is -9.16. The first-order valence-electron chi connectivity index (χ1n) is 26.6. The van der Waals surface area contributed by atoms with Crippen LogP contribution < -0.4 is 0 Å². The molecule has 0 bridgehead atoms. The second-order valence-corrected chi connectivity index (χ2v) is 23.3. The van der Waals surface area contributed by atoms with Gasteiger partial charge in [0.05, 0.1) is 20.8 Å². The van der Waals surface area contributed by atoms with Crippen LogP contribution >= 0.6 is 11.3 Å². The van der Waals surface area contributed by atoms with Gasteiger partial charge in [0.15, 0.2) is 0 Å². The Bertz CT molecular complexity index is 4800. The number of fused-ring (bicyclic) bond motifs is 19. The van der Waals surface area contributed by atoms with Gasteiger partial charge in [0.2, 0.25) is 0 Å². The third kappa shape index (κ3) is 5.87. The van der Waals surface area contributed by atoms with E-state index in [1.807, 2.05) is 35.6 Å². The second kappa shape index (κ2) is 15.2. The van der Waals surface area contributed by atoms with E-state index < -0.39 is 0 Å². The molecule has 362 valence electrons. The van der Waals surface area contributed by atoms with Gasteiger partial charge in [-0.05, 0) is 126 Å². The zero-order chi connectivity index (χ0) is 51.1. The Balaban J connectivity index is 0.985. The van der Waals surface area contributed by atoms with Gasteiger partial charge in [-0.2, -0.15) is 0 Å². The van der Waals surface area contributed by atoms with Gasteiger partial charge in [-0.25, -0.2) is 9.97 Å². The number of hydrogen-bond acceptors (Lipinski definition) is 5. The number of hydrogen-bond donors (Lipinski definition) is 0. The smallest absolute Gasteiger partial charge is 0.136 e. The van der Waals surface area contributed by atoms with E-state index >= 15 is 0 Å². The van der Waals surface area contributed by atoms with Gasteiger partial charge in [0, 0.05) is 54.3 Å².